The predicted octanol–water partition coefficient (Wildman–Crippen LogP) is 1.93. The molecule has 3 aliphatic rings. The van der Waals surface area contributed by atoms with Gasteiger partial charge in [-0.05, 0) is 24.1 Å². The van der Waals surface area contributed by atoms with Gasteiger partial charge in [0, 0.05) is 18.8 Å². The molecule has 0 aromatic rings. The maximum atomic E-state index is 11.5. The van der Waals surface area contributed by atoms with Gasteiger partial charge >= 0.3 is 0 Å². The minimum Gasteiger partial charge on any atom is -0.343 e. The van der Waals surface area contributed by atoms with Crippen LogP contribution in [-0.4, -0.2) is 16.2 Å². The first-order valence-electron chi connectivity index (χ1n) is 4.86. The first-order chi connectivity index (χ1) is 6.81. The Labute approximate surface area is 82.9 Å². The van der Waals surface area contributed by atoms with Gasteiger partial charge in [0.2, 0.25) is 0 Å². The molecule has 2 heterocycles. The van der Waals surface area contributed by atoms with E-state index in [-0.39, 0.29) is 11.3 Å². The van der Waals surface area contributed by atoms with Crippen molar-refractivity contribution in [1.29, 1.82) is 0 Å². The van der Waals surface area contributed by atoms with Crippen LogP contribution in [0.4, 0.5) is 0 Å². The average Bonchev–Trinajstić information content (AvgIpc) is 2.55. The minimum absolute atomic E-state index is 0.0828. The van der Waals surface area contributed by atoms with E-state index in [1.807, 2.05) is 6.20 Å². The predicted molar refractivity (Wildman–Crippen MR) is 54.3 cm³/mol. The lowest BCUT2D eigenvalue weighted by atomic mass is 9.78. The summed E-state index contributed by atoms with van der Waals surface area (Å²) in [5.74, 6) is 0.228. The molecule has 1 atom stereocenters. The van der Waals surface area contributed by atoms with Crippen molar-refractivity contribution in [1.82, 2.24) is 4.90 Å². The van der Waals surface area contributed by atoms with Crippen molar-refractivity contribution >= 4 is 5.78 Å². The molecular weight excluding hydrogens is 174 g/mol. The standard InChI is InChI=1S/C12H11NO/c14-11-5-8-13-7-4-10-3-1-2-6-12(10,13)9-11/h1-5,7-8H,6,9H2. The topological polar surface area (TPSA) is 20.3 Å². The Balaban J connectivity index is 2.12. The van der Waals surface area contributed by atoms with E-state index in [1.165, 1.54) is 5.57 Å². The molecule has 3 rings (SSSR count). The Hall–Kier alpha value is -1.57. The first kappa shape index (κ1) is 7.80. The molecule has 1 unspecified atom stereocenters. The molecule has 0 N–H and O–H groups in total. The van der Waals surface area contributed by atoms with Gasteiger partial charge in [-0.1, -0.05) is 18.2 Å². The second kappa shape index (κ2) is 2.47. The van der Waals surface area contributed by atoms with Gasteiger partial charge in [0.25, 0.3) is 0 Å². The third kappa shape index (κ3) is 0.830. The van der Waals surface area contributed by atoms with Crippen molar-refractivity contribution in [3.05, 3.63) is 48.4 Å². The molecule has 1 aliphatic carbocycles. The van der Waals surface area contributed by atoms with E-state index in [0.717, 1.165) is 6.42 Å². The monoisotopic (exact) mass is 185 g/mol. The lowest BCUT2D eigenvalue weighted by molar-refractivity contribution is -0.117. The largest absolute Gasteiger partial charge is 0.343 e. The van der Waals surface area contributed by atoms with Gasteiger partial charge < -0.3 is 4.90 Å². The number of carbonyl (C=O) groups excluding carboxylic acids is 1. The van der Waals surface area contributed by atoms with Crippen LogP contribution in [0.5, 0.6) is 0 Å². The maximum Gasteiger partial charge on any atom is 0.159 e. The number of allylic oxidation sites excluding steroid dienone is 3. The zero-order valence-corrected chi connectivity index (χ0v) is 7.81. The number of hydrogen-bond acceptors (Lipinski definition) is 2. The number of nitrogens with zero attached hydrogens (tertiary/aromatic N) is 1. The van der Waals surface area contributed by atoms with E-state index in [4.69, 9.17) is 0 Å². The SMILES string of the molecule is O=C1C=CN2C=CC3=CC=CCC32C1. The molecule has 2 heteroatoms. The number of ketones is 1. The Morgan fingerprint density at radius 2 is 2.14 bits per heavy atom. The lowest BCUT2D eigenvalue weighted by Crippen LogP contribution is -2.45. The second-order valence-corrected chi connectivity index (χ2v) is 3.97. The van der Waals surface area contributed by atoms with Crippen molar-refractivity contribution in [3.63, 3.8) is 0 Å². The molecule has 0 saturated carbocycles. The molecule has 0 aromatic carbocycles. The van der Waals surface area contributed by atoms with Crippen LogP contribution < -0.4 is 0 Å². The molecule has 70 valence electrons. The summed E-state index contributed by atoms with van der Waals surface area (Å²) in [7, 11) is 0. The van der Waals surface area contributed by atoms with Gasteiger partial charge in [-0.3, -0.25) is 4.79 Å². The van der Waals surface area contributed by atoms with E-state index < -0.39 is 0 Å². The van der Waals surface area contributed by atoms with Crippen molar-refractivity contribution in [3.8, 4) is 0 Å². The van der Waals surface area contributed by atoms with Gasteiger partial charge in [0.1, 0.15) is 0 Å². The molecule has 0 bridgehead atoms. The van der Waals surface area contributed by atoms with E-state index in [1.54, 1.807) is 6.08 Å². The maximum absolute atomic E-state index is 11.5. The van der Waals surface area contributed by atoms with Crippen molar-refractivity contribution in [2.75, 3.05) is 0 Å². The normalized spacial score (nSPS) is 33.0. The summed E-state index contributed by atoms with van der Waals surface area (Å²) in [6.07, 6.45) is 15.6. The van der Waals surface area contributed by atoms with Crippen LogP contribution in [0, 0.1) is 0 Å². The van der Waals surface area contributed by atoms with Gasteiger partial charge in [0.15, 0.2) is 5.78 Å². The number of carbonyl (C=O) groups is 1. The molecule has 2 aliphatic heterocycles. The minimum atomic E-state index is -0.0828. The highest BCUT2D eigenvalue weighted by Crippen LogP contribution is 2.42. The number of hydrogen-bond donors (Lipinski definition) is 0. The zero-order valence-electron chi connectivity index (χ0n) is 7.81. The summed E-state index contributed by atoms with van der Waals surface area (Å²) in [5.41, 5.74) is 1.18. The smallest absolute Gasteiger partial charge is 0.159 e. The van der Waals surface area contributed by atoms with Crippen LogP contribution in [0.3, 0.4) is 0 Å². The summed E-state index contributed by atoms with van der Waals surface area (Å²) in [6.45, 7) is 0. The molecule has 0 aromatic heterocycles. The molecule has 0 amide bonds. The highest BCUT2D eigenvalue weighted by Gasteiger charge is 2.43. The van der Waals surface area contributed by atoms with Gasteiger partial charge in [-0.2, -0.15) is 0 Å². The van der Waals surface area contributed by atoms with Gasteiger partial charge in [0.05, 0.1) is 5.54 Å². The Kier molecular flexibility index (Phi) is 1.38. The van der Waals surface area contributed by atoms with Crippen LogP contribution in [0.25, 0.3) is 0 Å². The Morgan fingerprint density at radius 1 is 1.29 bits per heavy atom. The van der Waals surface area contributed by atoms with Gasteiger partial charge in [-0.15, -0.1) is 0 Å². The third-order valence-corrected chi connectivity index (χ3v) is 3.20. The highest BCUT2D eigenvalue weighted by molar-refractivity contribution is 5.92. The fourth-order valence-corrected chi connectivity index (χ4v) is 2.44. The summed E-state index contributed by atoms with van der Waals surface area (Å²) < 4.78 is 0. The van der Waals surface area contributed by atoms with Crippen LogP contribution >= 0.6 is 0 Å². The third-order valence-electron chi connectivity index (χ3n) is 3.20. The van der Waals surface area contributed by atoms with E-state index >= 15 is 0 Å². The molecule has 1 spiro atoms. The van der Waals surface area contributed by atoms with Crippen molar-refractivity contribution in [2.24, 2.45) is 0 Å². The summed E-state index contributed by atoms with van der Waals surface area (Å²) in [6, 6.07) is 0. The van der Waals surface area contributed by atoms with Crippen LogP contribution in [0.1, 0.15) is 12.8 Å². The van der Waals surface area contributed by atoms with Crippen molar-refractivity contribution in [2.45, 2.75) is 18.4 Å². The summed E-state index contributed by atoms with van der Waals surface area (Å²) in [5, 5.41) is 0. The van der Waals surface area contributed by atoms with E-state index in [2.05, 4.69) is 35.4 Å². The molecule has 0 saturated heterocycles. The van der Waals surface area contributed by atoms with E-state index in [9.17, 15) is 4.79 Å². The fraction of sp³-hybridized carbons (Fsp3) is 0.250. The lowest BCUT2D eigenvalue weighted by Gasteiger charge is -2.40. The van der Waals surface area contributed by atoms with Crippen LogP contribution in [-0.2, 0) is 4.79 Å². The molecule has 2 nitrogen and oxygen atoms in total. The Morgan fingerprint density at radius 3 is 3.07 bits per heavy atom. The van der Waals surface area contributed by atoms with Gasteiger partial charge in [-0.25, -0.2) is 0 Å². The van der Waals surface area contributed by atoms with Crippen LogP contribution in [0.2, 0.25) is 0 Å². The highest BCUT2D eigenvalue weighted by atomic mass is 16.1. The molecule has 0 radical (unpaired) electrons. The number of rotatable bonds is 0. The fourth-order valence-electron chi connectivity index (χ4n) is 2.44. The Bertz CT molecular complexity index is 414. The molecular formula is C12H11NO. The van der Waals surface area contributed by atoms with Crippen molar-refractivity contribution < 1.29 is 4.79 Å². The summed E-state index contributed by atoms with van der Waals surface area (Å²) >= 11 is 0. The first-order valence-corrected chi connectivity index (χ1v) is 4.86. The van der Waals surface area contributed by atoms with E-state index in [0.29, 0.717) is 6.42 Å². The van der Waals surface area contributed by atoms with Crippen LogP contribution in [0.15, 0.2) is 48.4 Å². The zero-order chi connectivity index (χ0) is 9.60. The summed E-state index contributed by atoms with van der Waals surface area (Å²) in [4.78, 5) is 13.6. The average molecular weight is 185 g/mol. The molecule has 14 heavy (non-hydrogen) atoms. The quantitative estimate of drug-likeness (QED) is 0.574. The second-order valence-electron chi connectivity index (χ2n) is 3.97. The molecule has 0 fully saturated rings.